The van der Waals surface area contributed by atoms with Crippen LogP contribution in [0.4, 0.5) is 16.2 Å². The number of para-hydroxylation sites is 1. The summed E-state index contributed by atoms with van der Waals surface area (Å²) in [5.41, 5.74) is 3.86. The molecule has 1 fully saturated rings. The molecule has 6 amide bonds. The van der Waals surface area contributed by atoms with E-state index in [1.54, 1.807) is 31.2 Å². The van der Waals surface area contributed by atoms with Crippen molar-refractivity contribution >= 4 is 41.0 Å². The molecule has 11 heteroatoms. The summed E-state index contributed by atoms with van der Waals surface area (Å²) < 4.78 is 0. The van der Waals surface area contributed by atoms with E-state index in [4.69, 9.17) is 0 Å². The number of anilines is 2. The second kappa shape index (κ2) is 20.0. The Balaban J connectivity index is 1.35. The van der Waals surface area contributed by atoms with Crippen LogP contribution < -0.4 is 26.6 Å². The van der Waals surface area contributed by atoms with Crippen LogP contribution in [0.25, 0.3) is 0 Å². The Labute approximate surface area is 307 Å². The summed E-state index contributed by atoms with van der Waals surface area (Å²) in [7, 11) is 0. The van der Waals surface area contributed by atoms with Crippen molar-refractivity contribution in [2.45, 2.75) is 97.2 Å². The molecule has 0 aliphatic carbocycles. The molecule has 1 aliphatic heterocycles. The normalized spacial score (nSPS) is 14.7. The zero-order chi connectivity index (χ0) is 37.5. The van der Waals surface area contributed by atoms with Gasteiger partial charge in [-0.3, -0.25) is 19.2 Å². The van der Waals surface area contributed by atoms with Crippen molar-refractivity contribution in [1.82, 2.24) is 20.9 Å². The van der Waals surface area contributed by atoms with Crippen LogP contribution >= 0.6 is 0 Å². The van der Waals surface area contributed by atoms with E-state index in [1.807, 2.05) is 80.3 Å². The van der Waals surface area contributed by atoms with Crippen molar-refractivity contribution in [3.05, 3.63) is 95.6 Å². The minimum Gasteiger partial charge on any atom is -0.344 e. The fourth-order valence-corrected chi connectivity index (χ4v) is 6.30. The smallest absolute Gasteiger partial charge is 0.323 e. The van der Waals surface area contributed by atoms with Crippen molar-refractivity contribution in [3.8, 4) is 0 Å². The molecule has 3 aromatic carbocycles. The monoisotopic (exact) mass is 710 g/mol. The summed E-state index contributed by atoms with van der Waals surface area (Å²) >= 11 is 0. The number of hydrogen-bond donors (Lipinski definition) is 5. The SMILES string of the molecule is CC[C@H](NC(=O)[C@H](CC(C)C)NC(=O)Cc1ccc(NC(=O)Nc2ccccc2C)cc1)C(=O)N[C@@H](Cc1ccccc1)C(=O)N1CCCCCC1. The molecular weight excluding hydrogens is 656 g/mol. The third-order valence-corrected chi connectivity index (χ3v) is 9.18. The molecular formula is C41H54N6O5. The molecule has 1 aliphatic rings. The zero-order valence-electron chi connectivity index (χ0n) is 30.9. The number of likely N-dealkylation sites (tertiary alicyclic amines) is 1. The van der Waals surface area contributed by atoms with E-state index in [1.165, 1.54) is 0 Å². The van der Waals surface area contributed by atoms with Gasteiger partial charge in [-0.15, -0.1) is 0 Å². The number of aryl methyl sites for hydroxylation is 1. The number of rotatable bonds is 15. The van der Waals surface area contributed by atoms with E-state index in [0.717, 1.165) is 36.8 Å². The van der Waals surface area contributed by atoms with Crippen LogP contribution in [0.2, 0.25) is 0 Å². The van der Waals surface area contributed by atoms with Gasteiger partial charge in [-0.2, -0.15) is 0 Å². The molecule has 3 atom stereocenters. The van der Waals surface area contributed by atoms with Gasteiger partial charge in [0.25, 0.3) is 0 Å². The average molecular weight is 711 g/mol. The van der Waals surface area contributed by atoms with Crippen LogP contribution in [0, 0.1) is 12.8 Å². The first kappa shape index (κ1) is 39.6. The van der Waals surface area contributed by atoms with Gasteiger partial charge in [-0.25, -0.2) is 4.79 Å². The maximum atomic E-state index is 13.7. The predicted octanol–water partition coefficient (Wildman–Crippen LogP) is 5.74. The first-order chi connectivity index (χ1) is 25.0. The molecule has 5 N–H and O–H groups in total. The van der Waals surface area contributed by atoms with Crippen LogP contribution in [0.3, 0.4) is 0 Å². The number of nitrogens with zero attached hydrogens (tertiary/aromatic N) is 1. The Morgan fingerprint density at radius 3 is 1.92 bits per heavy atom. The first-order valence-corrected chi connectivity index (χ1v) is 18.5. The first-order valence-electron chi connectivity index (χ1n) is 18.5. The number of carbonyl (C=O) groups excluding carboxylic acids is 5. The van der Waals surface area contributed by atoms with E-state index < -0.39 is 29.9 Å². The minimum atomic E-state index is -0.891. The standard InChI is InChI=1S/C41H54N6O5/c1-5-33(38(49)45-36(26-30-16-9-8-10-17-30)40(51)47-23-13-6-7-14-24-47)44-39(50)35(25-28(2)3)43-37(48)27-31-19-21-32(22-20-31)42-41(52)46-34-18-12-11-15-29(34)4/h8-12,15-22,28,33,35-36H,5-7,13-14,23-27H2,1-4H3,(H,43,48)(H,44,50)(H,45,49)(H2,42,46,52)/t33-,35-,36-/m0/s1. The van der Waals surface area contributed by atoms with Gasteiger partial charge < -0.3 is 31.5 Å². The third-order valence-electron chi connectivity index (χ3n) is 9.18. The highest BCUT2D eigenvalue weighted by Gasteiger charge is 2.31. The lowest BCUT2D eigenvalue weighted by Gasteiger charge is -2.29. The molecule has 4 rings (SSSR count). The molecule has 11 nitrogen and oxygen atoms in total. The molecule has 52 heavy (non-hydrogen) atoms. The molecule has 0 radical (unpaired) electrons. The molecule has 1 saturated heterocycles. The molecule has 0 saturated carbocycles. The molecule has 0 spiro atoms. The maximum absolute atomic E-state index is 13.7. The Bertz CT molecular complexity index is 1640. The fourth-order valence-electron chi connectivity index (χ4n) is 6.30. The van der Waals surface area contributed by atoms with Gasteiger partial charge in [0, 0.05) is 30.9 Å². The summed E-state index contributed by atoms with van der Waals surface area (Å²) in [6.07, 6.45) is 5.07. The molecule has 0 aromatic heterocycles. The Hall–Kier alpha value is -5.19. The number of urea groups is 1. The van der Waals surface area contributed by atoms with E-state index in [-0.39, 0.29) is 30.2 Å². The van der Waals surface area contributed by atoms with Crippen LogP contribution in [0.1, 0.15) is 76.0 Å². The lowest BCUT2D eigenvalue weighted by atomic mass is 10.0. The van der Waals surface area contributed by atoms with Gasteiger partial charge >= 0.3 is 6.03 Å². The number of nitrogens with one attached hydrogen (secondary N) is 5. The highest BCUT2D eigenvalue weighted by atomic mass is 16.2. The van der Waals surface area contributed by atoms with Gasteiger partial charge in [-0.1, -0.05) is 94.3 Å². The van der Waals surface area contributed by atoms with E-state index in [0.29, 0.717) is 49.3 Å². The minimum absolute atomic E-state index is 0.0228. The Morgan fingerprint density at radius 2 is 1.29 bits per heavy atom. The predicted molar refractivity (Wildman–Crippen MR) is 205 cm³/mol. The van der Waals surface area contributed by atoms with Crippen molar-refractivity contribution in [2.24, 2.45) is 5.92 Å². The highest BCUT2D eigenvalue weighted by molar-refractivity contribution is 6.00. The number of hydrogen-bond acceptors (Lipinski definition) is 5. The van der Waals surface area contributed by atoms with Gasteiger partial charge in [0.2, 0.25) is 23.6 Å². The second-order valence-electron chi connectivity index (χ2n) is 14.0. The van der Waals surface area contributed by atoms with E-state index in [9.17, 15) is 24.0 Å². The molecule has 278 valence electrons. The number of amides is 6. The Kier molecular flexibility index (Phi) is 15.2. The maximum Gasteiger partial charge on any atom is 0.323 e. The lowest BCUT2D eigenvalue weighted by Crippen LogP contribution is -2.57. The van der Waals surface area contributed by atoms with Crippen molar-refractivity contribution in [2.75, 3.05) is 23.7 Å². The topological polar surface area (TPSA) is 149 Å². The van der Waals surface area contributed by atoms with E-state index in [2.05, 4.69) is 26.6 Å². The number of benzene rings is 3. The van der Waals surface area contributed by atoms with Crippen LogP contribution in [0.5, 0.6) is 0 Å². The van der Waals surface area contributed by atoms with Crippen LogP contribution in [-0.2, 0) is 32.0 Å². The molecule has 0 bridgehead atoms. The van der Waals surface area contributed by atoms with Crippen molar-refractivity contribution in [3.63, 3.8) is 0 Å². The van der Waals surface area contributed by atoms with Gasteiger partial charge in [-0.05, 0) is 73.4 Å². The molecule has 1 heterocycles. The third kappa shape index (κ3) is 12.5. The Morgan fingerprint density at radius 1 is 0.673 bits per heavy atom. The zero-order valence-corrected chi connectivity index (χ0v) is 30.9. The summed E-state index contributed by atoms with van der Waals surface area (Å²) in [6, 6.07) is 21.1. The van der Waals surface area contributed by atoms with Gasteiger partial charge in [0.05, 0.1) is 6.42 Å². The summed E-state index contributed by atoms with van der Waals surface area (Å²) in [6.45, 7) is 8.96. The quantitative estimate of drug-likeness (QED) is 0.137. The van der Waals surface area contributed by atoms with Gasteiger partial charge in [0.15, 0.2) is 0 Å². The van der Waals surface area contributed by atoms with Crippen LogP contribution in [0.15, 0.2) is 78.9 Å². The summed E-state index contributed by atoms with van der Waals surface area (Å²) in [5, 5.41) is 14.3. The largest absolute Gasteiger partial charge is 0.344 e. The average Bonchev–Trinajstić information content (AvgIpc) is 3.41. The van der Waals surface area contributed by atoms with E-state index >= 15 is 0 Å². The summed E-state index contributed by atoms with van der Waals surface area (Å²) in [4.78, 5) is 68.5. The highest BCUT2D eigenvalue weighted by Crippen LogP contribution is 2.16. The van der Waals surface area contributed by atoms with Gasteiger partial charge in [0.1, 0.15) is 18.1 Å². The lowest BCUT2D eigenvalue weighted by molar-refractivity contribution is -0.137. The number of carbonyl (C=O) groups is 5. The fraction of sp³-hybridized carbons (Fsp3) is 0.439. The molecule has 3 aromatic rings. The van der Waals surface area contributed by atoms with Crippen molar-refractivity contribution < 1.29 is 24.0 Å². The van der Waals surface area contributed by atoms with Crippen molar-refractivity contribution in [1.29, 1.82) is 0 Å². The second-order valence-corrected chi connectivity index (χ2v) is 14.0. The summed E-state index contributed by atoms with van der Waals surface area (Å²) in [5.74, 6) is -1.26. The molecule has 0 unspecified atom stereocenters. The van der Waals surface area contributed by atoms with Crippen LogP contribution in [-0.4, -0.2) is 65.8 Å².